The average molecular weight is 384 g/mol. The van der Waals surface area contributed by atoms with Crippen LogP contribution in [0.15, 0.2) is 29.2 Å². The number of aromatic nitrogens is 3. The molecule has 25 heavy (non-hydrogen) atoms. The van der Waals surface area contributed by atoms with Gasteiger partial charge in [0.2, 0.25) is 0 Å². The second-order valence-electron chi connectivity index (χ2n) is 5.38. The highest BCUT2D eigenvalue weighted by Crippen LogP contribution is 3.02. The summed E-state index contributed by atoms with van der Waals surface area (Å²) in [6.07, 6.45) is 0. The average Bonchev–Trinajstić information content (AvgIpc) is 2.88. The Morgan fingerprint density at radius 3 is 2.04 bits per heavy atom. The Kier molecular flexibility index (Phi) is 4.15. The summed E-state index contributed by atoms with van der Waals surface area (Å²) in [6, 6.07) is 2.31. The fourth-order valence-electron chi connectivity index (χ4n) is 2.28. The third-order valence-corrected chi connectivity index (χ3v) is 4.84. The topological polar surface area (TPSA) is 51.0 Å². The highest BCUT2D eigenvalue weighted by molar-refractivity contribution is 8.45. The number of nitrogens with zero attached hydrogens (tertiary/aromatic N) is 4. The van der Waals surface area contributed by atoms with Crippen molar-refractivity contribution < 1.29 is 24.2 Å². The maximum Gasteiger partial charge on any atom is 0.310 e. The molecule has 0 spiro atoms. The SMILES string of the molecule is CCN(CC)C(=O)c1nnn(-c2ccc(S(F)(F)(F)(F)F)cc2)c1C. The minimum Gasteiger partial charge on any atom is -0.338 e. The molecule has 0 N–H and O–H groups in total. The van der Waals surface area contributed by atoms with E-state index in [1.807, 2.05) is 0 Å². The normalized spacial score (nSPS) is 14.7. The van der Waals surface area contributed by atoms with Gasteiger partial charge in [-0.3, -0.25) is 4.79 Å². The molecule has 0 radical (unpaired) electrons. The lowest BCUT2D eigenvalue weighted by molar-refractivity contribution is 0.0766. The molecule has 0 saturated carbocycles. The quantitative estimate of drug-likeness (QED) is 0.701. The van der Waals surface area contributed by atoms with Crippen LogP contribution in [0.5, 0.6) is 0 Å². The monoisotopic (exact) mass is 384 g/mol. The van der Waals surface area contributed by atoms with Crippen LogP contribution in [0.1, 0.15) is 30.0 Å². The van der Waals surface area contributed by atoms with Crippen molar-refractivity contribution in [3.63, 3.8) is 0 Å². The smallest absolute Gasteiger partial charge is 0.310 e. The van der Waals surface area contributed by atoms with Gasteiger partial charge in [-0.15, -0.1) is 5.10 Å². The van der Waals surface area contributed by atoms with Gasteiger partial charge in [-0.25, -0.2) is 4.68 Å². The van der Waals surface area contributed by atoms with Gasteiger partial charge >= 0.3 is 10.2 Å². The minimum atomic E-state index is -9.72. The fraction of sp³-hybridized carbons (Fsp3) is 0.357. The van der Waals surface area contributed by atoms with Gasteiger partial charge in [0, 0.05) is 13.1 Å². The zero-order chi connectivity index (χ0) is 19.1. The van der Waals surface area contributed by atoms with E-state index in [-0.39, 0.29) is 17.3 Å². The molecule has 0 saturated heterocycles. The van der Waals surface area contributed by atoms with Gasteiger partial charge in [-0.05, 0) is 45.0 Å². The summed E-state index contributed by atoms with van der Waals surface area (Å²) in [5.74, 6) is -0.364. The van der Waals surface area contributed by atoms with Gasteiger partial charge in [-0.1, -0.05) is 24.6 Å². The molecule has 0 bridgehead atoms. The molecule has 11 heteroatoms. The molecule has 1 aromatic heterocycles. The molecule has 0 aliphatic rings. The molecule has 1 aromatic carbocycles. The van der Waals surface area contributed by atoms with Gasteiger partial charge in [0.15, 0.2) is 5.69 Å². The van der Waals surface area contributed by atoms with E-state index >= 15 is 0 Å². The van der Waals surface area contributed by atoms with Crippen LogP contribution in [0.25, 0.3) is 5.69 Å². The molecule has 0 atom stereocenters. The third-order valence-electron chi connectivity index (χ3n) is 3.67. The first-order valence-electron chi connectivity index (χ1n) is 7.34. The molecular formula is C14H17F5N4OS. The predicted molar refractivity (Wildman–Crippen MR) is 84.7 cm³/mol. The third kappa shape index (κ3) is 3.91. The molecule has 1 heterocycles. The molecule has 0 fully saturated rings. The summed E-state index contributed by atoms with van der Waals surface area (Å²) in [7, 11) is -9.72. The van der Waals surface area contributed by atoms with Crippen LogP contribution in [0.2, 0.25) is 0 Å². The number of amides is 1. The van der Waals surface area contributed by atoms with Gasteiger partial charge in [0.25, 0.3) is 5.91 Å². The number of carbonyl (C=O) groups is 1. The number of hydrogen-bond donors (Lipinski definition) is 0. The second-order valence-corrected chi connectivity index (χ2v) is 7.78. The van der Waals surface area contributed by atoms with Crippen LogP contribution in [-0.4, -0.2) is 38.9 Å². The van der Waals surface area contributed by atoms with Gasteiger partial charge in [-0.2, -0.15) is 0 Å². The standard InChI is InChI=1S/C14H17F5N4OS/c1-4-22(5-2)14(24)13-10(3)23(21-20-13)11-6-8-12(9-7-11)25(15,16,17,18)19/h6-9H,4-5H2,1-3H3. The first kappa shape index (κ1) is 19.2. The van der Waals surface area contributed by atoms with Crippen molar-refractivity contribution in [2.45, 2.75) is 25.7 Å². The molecule has 2 rings (SSSR count). The van der Waals surface area contributed by atoms with Crippen molar-refractivity contribution in [3.8, 4) is 5.69 Å². The van der Waals surface area contributed by atoms with E-state index in [0.717, 1.165) is 16.8 Å². The van der Waals surface area contributed by atoms with Gasteiger partial charge in [0.1, 0.15) is 4.90 Å². The Balaban J connectivity index is 2.41. The van der Waals surface area contributed by atoms with Crippen molar-refractivity contribution in [1.29, 1.82) is 0 Å². The van der Waals surface area contributed by atoms with Crippen molar-refractivity contribution in [3.05, 3.63) is 35.7 Å². The first-order valence-corrected chi connectivity index (χ1v) is 9.29. The zero-order valence-corrected chi connectivity index (χ0v) is 14.5. The number of rotatable bonds is 5. The molecular weight excluding hydrogens is 367 g/mol. The Morgan fingerprint density at radius 2 is 1.60 bits per heavy atom. The van der Waals surface area contributed by atoms with Crippen LogP contribution in [-0.2, 0) is 0 Å². The van der Waals surface area contributed by atoms with E-state index in [9.17, 15) is 24.2 Å². The van der Waals surface area contributed by atoms with E-state index in [1.54, 1.807) is 13.8 Å². The van der Waals surface area contributed by atoms with Crippen LogP contribution in [0.4, 0.5) is 19.4 Å². The van der Waals surface area contributed by atoms with Crippen molar-refractivity contribution in [1.82, 2.24) is 19.9 Å². The lowest BCUT2D eigenvalue weighted by Gasteiger charge is -2.40. The molecule has 0 aliphatic heterocycles. The van der Waals surface area contributed by atoms with Gasteiger partial charge in [0.05, 0.1) is 11.4 Å². The van der Waals surface area contributed by atoms with E-state index in [4.69, 9.17) is 0 Å². The molecule has 0 aliphatic carbocycles. The van der Waals surface area contributed by atoms with Crippen LogP contribution < -0.4 is 0 Å². The van der Waals surface area contributed by atoms with Crippen molar-refractivity contribution in [2.24, 2.45) is 0 Å². The van der Waals surface area contributed by atoms with Crippen molar-refractivity contribution >= 4 is 16.1 Å². The Bertz CT molecular complexity index is 797. The minimum absolute atomic E-state index is 0.0560. The Hall–Kier alpha value is -2.17. The number of hydrogen-bond acceptors (Lipinski definition) is 3. The van der Waals surface area contributed by atoms with E-state index in [2.05, 4.69) is 10.3 Å². The summed E-state index contributed by atoms with van der Waals surface area (Å²) in [5.41, 5.74) is 0.451. The number of carbonyl (C=O) groups excluding carboxylic acids is 1. The molecule has 140 valence electrons. The summed E-state index contributed by atoms with van der Waals surface area (Å²) in [4.78, 5) is 11.8. The maximum absolute atomic E-state index is 12.8. The zero-order valence-electron chi connectivity index (χ0n) is 13.7. The summed E-state index contributed by atoms with van der Waals surface area (Å²) >= 11 is 0. The Labute approximate surface area is 141 Å². The van der Waals surface area contributed by atoms with E-state index in [0.29, 0.717) is 30.9 Å². The fourth-order valence-corrected chi connectivity index (χ4v) is 2.93. The van der Waals surface area contributed by atoms with Gasteiger partial charge < -0.3 is 4.90 Å². The Morgan fingerprint density at radius 1 is 1.08 bits per heavy atom. The second kappa shape index (κ2) is 5.41. The first-order chi connectivity index (χ1) is 11.3. The van der Waals surface area contributed by atoms with Crippen molar-refractivity contribution in [2.75, 3.05) is 13.1 Å². The van der Waals surface area contributed by atoms with E-state index < -0.39 is 15.1 Å². The maximum atomic E-state index is 12.8. The molecule has 0 unspecified atom stereocenters. The number of benzene rings is 1. The largest absolute Gasteiger partial charge is 0.338 e. The molecule has 1 amide bonds. The lowest BCUT2D eigenvalue weighted by Crippen LogP contribution is -2.31. The summed E-state index contributed by atoms with van der Waals surface area (Å²) < 4.78 is 64.9. The summed E-state index contributed by atoms with van der Waals surface area (Å²) in [5, 5.41) is 7.51. The van der Waals surface area contributed by atoms with E-state index in [1.165, 1.54) is 11.8 Å². The van der Waals surface area contributed by atoms with Crippen LogP contribution in [0, 0.1) is 6.92 Å². The lowest BCUT2D eigenvalue weighted by atomic mass is 10.2. The highest BCUT2D eigenvalue weighted by atomic mass is 32.5. The highest BCUT2D eigenvalue weighted by Gasteiger charge is 2.65. The molecule has 5 nitrogen and oxygen atoms in total. The summed E-state index contributed by atoms with van der Waals surface area (Å²) in [6.45, 7) is 6.02. The molecule has 2 aromatic rings. The van der Waals surface area contributed by atoms with Crippen LogP contribution in [0.3, 0.4) is 0 Å². The number of halogens is 5. The predicted octanol–water partition coefficient (Wildman–Crippen LogP) is 4.72. The van der Waals surface area contributed by atoms with Crippen LogP contribution >= 0.6 is 10.2 Å².